The van der Waals surface area contributed by atoms with Gasteiger partial charge in [0.1, 0.15) is 0 Å². The first-order valence-electron chi connectivity index (χ1n) is 6.05. The van der Waals surface area contributed by atoms with E-state index in [1.807, 2.05) is 4.90 Å². The first-order valence-corrected chi connectivity index (χ1v) is 7.03. The lowest BCUT2D eigenvalue weighted by atomic mass is 10.3. The highest BCUT2D eigenvalue weighted by atomic mass is 32.2. The second-order valence-corrected chi connectivity index (χ2v) is 5.58. The summed E-state index contributed by atoms with van der Waals surface area (Å²) >= 11 is 1.35. The van der Waals surface area contributed by atoms with E-state index >= 15 is 0 Å². The molecule has 2 amide bonds. The van der Waals surface area contributed by atoms with E-state index in [0.29, 0.717) is 13.0 Å². The molecule has 2 heterocycles. The van der Waals surface area contributed by atoms with E-state index < -0.39 is 0 Å². The molecule has 96 valence electrons. The molecule has 17 heavy (non-hydrogen) atoms. The van der Waals surface area contributed by atoms with E-state index in [9.17, 15) is 9.59 Å². The van der Waals surface area contributed by atoms with Gasteiger partial charge < -0.3 is 14.7 Å². The molecule has 0 saturated carbocycles. The molecule has 0 aromatic heterocycles. The number of likely N-dealkylation sites (N-methyl/N-ethyl adjacent to an activating group) is 1. The van der Waals surface area contributed by atoms with Crippen molar-refractivity contribution in [2.24, 2.45) is 0 Å². The first kappa shape index (κ1) is 12.7. The third kappa shape index (κ3) is 3.35. The Kier molecular flexibility index (Phi) is 4.28. The maximum absolute atomic E-state index is 11.9. The highest BCUT2D eigenvalue weighted by molar-refractivity contribution is 8.13. The number of amides is 2. The Balaban J connectivity index is 1.72. The molecule has 0 bridgehead atoms. The SMILES string of the molecule is CN1CCN(C(=O)CCN2CCSC2=O)CC1. The topological polar surface area (TPSA) is 43.9 Å². The van der Waals surface area contributed by atoms with Crippen LogP contribution >= 0.6 is 11.8 Å². The number of piperazine rings is 1. The van der Waals surface area contributed by atoms with E-state index in [-0.39, 0.29) is 11.1 Å². The van der Waals surface area contributed by atoms with Crippen LogP contribution in [0.5, 0.6) is 0 Å². The Bertz CT molecular complexity index is 303. The smallest absolute Gasteiger partial charge is 0.281 e. The molecule has 6 heteroatoms. The van der Waals surface area contributed by atoms with Crippen molar-refractivity contribution in [1.82, 2.24) is 14.7 Å². The lowest BCUT2D eigenvalue weighted by Gasteiger charge is -2.32. The van der Waals surface area contributed by atoms with Gasteiger partial charge >= 0.3 is 0 Å². The van der Waals surface area contributed by atoms with Crippen molar-refractivity contribution in [2.45, 2.75) is 6.42 Å². The number of carbonyl (C=O) groups is 2. The van der Waals surface area contributed by atoms with Gasteiger partial charge in [0.15, 0.2) is 0 Å². The Hall–Kier alpha value is -0.750. The number of rotatable bonds is 3. The third-order valence-electron chi connectivity index (χ3n) is 3.30. The highest BCUT2D eigenvalue weighted by Crippen LogP contribution is 2.17. The fourth-order valence-electron chi connectivity index (χ4n) is 2.07. The summed E-state index contributed by atoms with van der Waals surface area (Å²) in [7, 11) is 2.07. The van der Waals surface area contributed by atoms with Crippen LogP contribution in [0.4, 0.5) is 4.79 Å². The largest absolute Gasteiger partial charge is 0.340 e. The van der Waals surface area contributed by atoms with E-state index in [2.05, 4.69) is 11.9 Å². The fraction of sp³-hybridized carbons (Fsp3) is 0.818. The minimum absolute atomic E-state index is 0.121. The summed E-state index contributed by atoms with van der Waals surface area (Å²) in [5.74, 6) is 1.05. The summed E-state index contributed by atoms with van der Waals surface area (Å²) in [6.45, 7) is 4.90. The zero-order valence-corrected chi connectivity index (χ0v) is 11.0. The number of nitrogens with zero attached hydrogens (tertiary/aromatic N) is 3. The summed E-state index contributed by atoms with van der Waals surface area (Å²) in [4.78, 5) is 29.2. The van der Waals surface area contributed by atoms with Gasteiger partial charge in [-0.25, -0.2) is 0 Å². The van der Waals surface area contributed by atoms with E-state index in [1.54, 1.807) is 4.90 Å². The van der Waals surface area contributed by atoms with Crippen LogP contribution in [0, 0.1) is 0 Å². The van der Waals surface area contributed by atoms with Crippen molar-refractivity contribution >= 4 is 22.9 Å². The number of hydrogen-bond acceptors (Lipinski definition) is 4. The van der Waals surface area contributed by atoms with Gasteiger partial charge in [-0.05, 0) is 7.05 Å². The Labute approximate surface area is 106 Å². The maximum Gasteiger partial charge on any atom is 0.281 e. The van der Waals surface area contributed by atoms with E-state index in [1.165, 1.54) is 11.8 Å². The second kappa shape index (κ2) is 5.73. The van der Waals surface area contributed by atoms with Crippen LogP contribution < -0.4 is 0 Å². The van der Waals surface area contributed by atoms with Crippen LogP contribution in [0.2, 0.25) is 0 Å². The van der Waals surface area contributed by atoms with Crippen LogP contribution in [0.25, 0.3) is 0 Å². The van der Waals surface area contributed by atoms with Crippen molar-refractivity contribution in [1.29, 1.82) is 0 Å². The number of hydrogen-bond donors (Lipinski definition) is 0. The molecule has 0 spiro atoms. The molecule has 0 aromatic carbocycles. The van der Waals surface area contributed by atoms with Crippen molar-refractivity contribution in [3.8, 4) is 0 Å². The van der Waals surface area contributed by atoms with Crippen molar-refractivity contribution in [3.05, 3.63) is 0 Å². The molecule has 2 saturated heterocycles. The van der Waals surface area contributed by atoms with Crippen LogP contribution in [0.15, 0.2) is 0 Å². The average Bonchev–Trinajstić information content (AvgIpc) is 2.73. The van der Waals surface area contributed by atoms with Crippen molar-refractivity contribution < 1.29 is 9.59 Å². The second-order valence-electron chi connectivity index (χ2n) is 4.54. The normalized spacial score (nSPS) is 22.3. The van der Waals surface area contributed by atoms with Gasteiger partial charge in [0.25, 0.3) is 5.24 Å². The van der Waals surface area contributed by atoms with Gasteiger partial charge in [-0.15, -0.1) is 0 Å². The molecular weight excluding hydrogens is 238 g/mol. The highest BCUT2D eigenvalue weighted by Gasteiger charge is 2.23. The lowest BCUT2D eigenvalue weighted by molar-refractivity contribution is -0.132. The Morgan fingerprint density at radius 2 is 1.94 bits per heavy atom. The summed E-state index contributed by atoms with van der Waals surface area (Å²) in [6.07, 6.45) is 0.468. The van der Waals surface area contributed by atoms with Crippen molar-refractivity contribution in [3.63, 3.8) is 0 Å². The molecule has 2 rings (SSSR count). The Morgan fingerprint density at radius 1 is 1.24 bits per heavy atom. The van der Waals surface area contributed by atoms with Gasteiger partial charge in [0, 0.05) is 51.4 Å². The van der Waals surface area contributed by atoms with E-state index in [4.69, 9.17) is 0 Å². The summed E-state index contributed by atoms with van der Waals surface area (Å²) in [5, 5.41) is 0.121. The van der Waals surface area contributed by atoms with Crippen LogP contribution in [0.1, 0.15) is 6.42 Å². The van der Waals surface area contributed by atoms with Gasteiger partial charge in [-0.3, -0.25) is 9.59 Å². The van der Waals surface area contributed by atoms with Gasteiger partial charge in [0.2, 0.25) is 5.91 Å². The summed E-state index contributed by atoms with van der Waals surface area (Å²) in [6, 6.07) is 0. The molecule has 0 radical (unpaired) electrons. The molecule has 0 aromatic rings. The molecule has 2 aliphatic rings. The lowest BCUT2D eigenvalue weighted by Crippen LogP contribution is -2.47. The third-order valence-corrected chi connectivity index (χ3v) is 4.19. The minimum Gasteiger partial charge on any atom is -0.340 e. The molecule has 0 unspecified atom stereocenters. The molecule has 0 N–H and O–H groups in total. The Morgan fingerprint density at radius 3 is 2.53 bits per heavy atom. The van der Waals surface area contributed by atoms with Gasteiger partial charge in [-0.2, -0.15) is 0 Å². The predicted molar refractivity (Wildman–Crippen MR) is 68.1 cm³/mol. The van der Waals surface area contributed by atoms with Crippen LogP contribution in [0.3, 0.4) is 0 Å². The molecule has 0 atom stereocenters. The van der Waals surface area contributed by atoms with Crippen LogP contribution in [-0.4, -0.2) is 77.9 Å². The standard InChI is InChI=1S/C11H19N3O2S/c1-12-4-6-13(7-5-12)10(15)2-3-14-8-9-17-11(14)16/h2-9H2,1H3. The summed E-state index contributed by atoms with van der Waals surface area (Å²) < 4.78 is 0. The summed E-state index contributed by atoms with van der Waals surface area (Å²) in [5.41, 5.74) is 0. The maximum atomic E-state index is 11.9. The monoisotopic (exact) mass is 257 g/mol. The van der Waals surface area contributed by atoms with Gasteiger partial charge in [0.05, 0.1) is 0 Å². The fourth-order valence-corrected chi connectivity index (χ4v) is 2.92. The van der Waals surface area contributed by atoms with Gasteiger partial charge in [-0.1, -0.05) is 11.8 Å². The predicted octanol–water partition coefficient (Wildman–Crippen LogP) is 0.319. The molecule has 2 aliphatic heterocycles. The number of carbonyl (C=O) groups excluding carboxylic acids is 2. The average molecular weight is 257 g/mol. The minimum atomic E-state index is 0.121. The first-order chi connectivity index (χ1) is 8.16. The quantitative estimate of drug-likeness (QED) is 0.730. The molecule has 2 fully saturated rings. The molecule has 5 nitrogen and oxygen atoms in total. The zero-order valence-electron chi connectivity index (χ0n) is 10.2. The van der Waals surface area contributed by atoms with Crippen molar-refractivity contribution in [2.75, 3.05) is 52.1 Å². The molecule has 0 aliphatic carbocycles. The zero-order chi connectivity index (χ0) is 12.3. The molecular formula is C11H19N3O2S. The van der Waals surface area contributed by atoms with Crippen LogP contribution in [-0.2, 0) is 4.79 Å². The van der Waals surface area contributed by atoms with E-state index in [0.717, 1.165) is 38.5 Å². The number of thioether (sulfide) groups is 1.